The summed E-state index contributed by atoms with van der Waals surface area (Å²) in [6.45, 7) is 0. The summed E-state index contributed by atoms with van der Waals surface area (Å²) >= 11 is 12.6. The van der Waals surface area contributed by atoms with Crippen LogP contribution in [0, 0.1) is 0 Å². The number of rotatable bonds is 1. The summed E-state index contributed by atoms with van der Waals surface area (Å²) in [7, 11) is 0. The van der Waals surface area contributed by atoms with Crippen LogP contribution in [0.2, 0.25) is 10.3 Å². The van der Waals surface area contributed by atoms with Crippen molar-refractivity contribution in [1.82, 2.24) is 9.36 Å². The molecule has 1 aromatic carbocycles. The summed E-state index contributed by atoms with van der Waals surface area (Å²) in [6.07, 6.45) is 0. The third-order valence-corrected chi connectivity index (χ3v) is 3.02. The Bertz CT molecular complexity index is 469. The third kappa shape index (κ3) is 1.82. The number of anilines is 1. The van der Waals surface area contributed by atoms with Crippen LogP contribution in [0.4, 0.5) is 5.69 Å². The molecule has 0 saturated carbocycles. The smallest absolute Gasteiger partial charge is 0.234 e. The monoisotopic (exact) mass is 245 g/mol. The fraction of sp³-hybridized carbons (Fsp3) is 0. The van der Waals surface area contributed by atoms with Gasteiger partial charge in [0, 0.05) is 5.56 Å². The lowest BCUT2D eigenvalue weighted by Crippen LogP contribution is -1.86. The molecule has 14 heavy (non-hydrogen) atoms. The molecule has 3 nitrogen and oxygen atoms in total. The van der Waals surface area contributed by atoms with Crippen LogP contribution < -0.4 is 5.73 Å². The Hall–Kier alpha value is -0.840. The molecule has 0 atom stereocenters. The molecule has 2 aromatic rings. The highest BCUT2D eigenvalue weighted by Crippen LogP contribution is 2.28. The van der Waals surface area contributed by atoms with E-state index in [4.69, 9.17) is 28.9 Å². The standard InChI is InChI=1S/C8H5Cl2N3S/c9-5-2-1-4(3-6(5)11)7-12-8(10)13-14-7/h1-3H,11H2. The number of benzene rings is 1. The summed E-state index contributed by atoms with van der Waals surface area (Å²) in [6, 6.07) is 5.30. The predicted octanol–water partition coefficient (Wildman–Crippen LogP) is 3.09. The average Bonchev–Trinajstić information content (AvgIpc) is 2.57. The van der Waals surface area contributed by atoms with Crippen LogP contribution in [0.15, 0.2) is 18.2 Å². The largest absolute Gasteiger partial charge is 0.398 e. The van der Waals surface area contributed by atoms with Crippen molar-refractivity contribution in [3.8, 4) is 10.6 Å². The van der Waals surface area contributed by atoms with Crippen LogP contribution in [0.25, 0.3) is 10.6 Å². The Morgan fingerprint density at radius 1 is 1.29 bits per heavy atom. The second-order valence-corrected chi connectivity index (χ2v) is 4.10. The molecule has 0 saturated heterocycles. The van der Waals surface area contributed by atoms with Gasteiger partial charge in [0.2, 0.25) is 5.28 Å². The van der Waals surface area contributed by atoms with Gasteiger partial charge in [-0.05, 0) is 35.3 Å². The molecule has 0 aliphatic rings. The minimum Gasteiger partial charge on any atom is -0.398 e. The molecule has 6 heteroatoms. The normalized spacial score (nSPS) is 10.4. The van der Waals surface area contributed by atoms with Gasteiger partial charge in [-0.25, -0.2) is 4.98 Å². The Kier molecular flexibility index (Phi) is 2.58. The number of aromatic nitrogens is 2. The van der Waals surface area contributed by atoms with Gasteiger partial charge < -0.3 is 5.73 Å². The van der Waals surface area contributed by atoms with Crippen LogP contribution in [0.1, 0.15) is 0 Å². The van der Waals surface area contributed by atoms with E-state index in [-0.39, 0.29) is 5.28 Å². The maximum absolute atomic E-state index is 5.79. The summed E-state index contributed by atoms with van der Waals surface area (Å²) in [5, 5.41) is 1.52. The van der Waals surface area contributed by atoms with Gasteiger partial charge in [0.1, 0.15) is 5.01 Å². The Morgan fingerprint density at radius 2 is 2.07 bits per heavy atom. The van der Waals surface area contributed by atoms with Crippen LogP contribution in [0.5, 0.6) is 0 Å². The second kappa shape index (κ2) is 3.73. The van der Waals surface area contributed by atoms with E-state index in [1.807, 2.05) is 6.07 Å². The zero-order valence-corrected chi connectivity index (χ0v) is 9.20. The van der Waals surface area contributed by atoms with E-state index in [1.165, 1.54) is 11.5 Å². The van der Waals surface area contributed by atoms with E-state index in [9.17, 15) is 0 Å². The van der Waals surface area contributed by atoms with E-state index in [0.29, 0.717) is 10.7 Å². The van der Waals surface area contributed by atoms with E-state index < -0.39 is 0 Å². The molecule has 2 rings (SSSR count). The highest BCUT2D eigenvalue weighted by molar-refractivity contribution is 7.09. The minimum absolute atomic E-state index is 0.249. The molecule has 0 spiro atoms. The molecule has 0 unspecified atom stereocenters. The van der Waals surface area contributed by atoms with Gasteiger partial charge in [-0.1, -0.05) is 17.7 Å². The molecular formula is C8H5Cl2N3S. The van der Waals surface area contributed by atoms with Crippen molar-refractivity contribution < 1.29 is 0 Å². The lowest BCUT2D eigenvalue weighted by molar-refractivity contribution is 1.33. The number of nitrogens with two attached hydrogens (primary N) is 1. The molecule has 0 amide bonds. The Labute approximate surface area is 94.7 Å². The van der Waals surface area contributed by atoms with Crippen LogP contribution in [-0.4, -0.2) is 9.36 Å². The summed E-state index contributed by atoms with van der Waals surface area (Å²) in [5.41, 5.74) is 7.05. The maximum atomic E-state index is 5.79. The average molecular weight is 246 g/mol. The van der Waals surface area contributed by atoms with Gasteiger partial charge in [0.05, 0.1) is 10.7 Å². The molecule has 0 bridgehead atoms. The first-order valence-corrected chi connectivity index (χ1v) is 5.24. The Balaban J connectivity index is 2.47. The molecule has 1 heterocycles. The topological polar surface area (TPSA) is 51.8 Å². The maximum Gasteiger partial charge on any atom is 0.234 e. The van der Waals surface area contributed by atoms with Gasteiger partial charge in [0.25, 0.3) is 0 Å². The van der Waals surface area contributed by atoms with Crippen molar-refractivity contribution >= 4 is 40.4 Å². The zero-order valence-electron chi connectivity index (χ0n) is 6.87. The fourth-order valence-corrected chi connectivity index (χ4v) is 1.92. The first kappa shape index (κ1) is 9.71. The SMILES string of the molecule is Nc1cc(-c2nc(Cl)ns2)ccc1Cl. The molecule has 72 valence electrons. The first-order valence-electron chi connectivity index (χ1n) is 3.71. The highest BCUT2D eigenvalue weighted by atomic mass is 35.5. The van der Waals surface area contributed by atoms with Crippen molar-refractivity contribution in [3.05, 3.63) is 28.5 Å². The quantitative estimate of drug-likeness (QED) is 0.786. The third-order valence-electron chi connectivity index (χ3n) is 1.64. The lowest BCUT2D eigenvalue weighted by Gasteiger charge is -1.99. The van der Waals surface area contributed by atoms with Gasteiger partial charge >= 0.3 is 0 Å². The number of hydrogen-bond acceptors (Lipinski definition) is 4. The number of nitrogen functional groups attached to an aromatic ring is 1. The van der Waals surface area contributed by atoms with Gasteiger partial charge in [-0.2, -0.15) is 4.37 Å². The van der Waals surface area contributed by atoms with Crippen molar-refractivity contribution in [1.29, 1.82) is 0 Å². The summed E-state index contributed by atoms with van der Waals surface area (Å²) < 4.78 is 3.87. The van der Waals surface area contributed by atoms with Crippen molar-refractivity contribution in [2.75, 3.05) is 5.73 Å². The molecule has 0 radical (unpaired) electrons. The van der Waals surface area contributed by atoms with Crippen molar-refractivity contribution in [2.24, 2.45) is 0 Å². The Morgan fingerprint density at radius 3 is 2.64 bits per heavy atom. The molecular weight excluding hydrogens is 241 g/mol. The van der Waals surface area contributed by atoms with Crippen LogP contribution >= 0.6 is 34.7 Å². The highest BCUT2D eigenvalue weighted by Gasteiger charge is 2.06. The van der Waals surface area contributed by atoms with Gasteiger partial charge in [-0.15, -0.1) is 0 Å². The van der Waals surface area contributed by atoms with Crippen LogP contribution in [-0.2, 0) is 0 Å². The number of halogens is 2. The van der Waals surface area contributed by atoms with E-state index in [2.05, 4.69) is 9.36 Å². The molecule has 1 aromatic heterocycles. The zero-order chi connectivity index (χ0) is 10.1. The van der Waals surface area contributed by atoms with Gasteiger partial charge in [-0.3, -0.25) is 0 Å². The predicted molar refractivity (Wildman–Crippen MR) is 59.8 cm³/mol. The van der Waals surface area contributed by atoms with Crippen molar-refractivity contribution in [3.63, 3.8) is 0 Å². The minimum atomic E-state index is 0.249. The second-order valence-electron chi connectivity index (χ2n) is 2.60. The molecule has 2 N–H and O–H groups in total. The fourth-order valence-electron chi connectivity index (χ4n) is 1.000. The first-order chi connectivity index (χ1) is 6.66. The molecule has 0 fully saturated rings. The number of hydrogen-bond donors (Lipinski definition) is 1. The van der Waals surface area contributed by atoms with Crippen LogP contribution in [0.3, 0.4) is 0 Å². The van der Waals surface area contributed by atoms with Gasteiger partial charge in [0.15, 0.2) is 0 Å². The summed E-state index contributed by atoms with van der Waals surface area (Å²) in [4.78, 5) is 4.03. The van der Waals surface area contributed by atoms with E-state index in [0.717, 1.165) is 10.6 Å². The van der Waals surface area contributed by atoms with E-state index >= 15 is 0 Å². The molecule has 0 aliphatic carbocycles. The van der Waals surface area contributed by atoms with Crippen molar-refractivity contribution in [2.45, 2.75) is 0 Å². The summed E-state index contributed by atoms with van der Waals surface area (Å²) in [5.74, 6) is 0. The van der Waals surface area contributed by atoms with E-state index in [1.54, 1.807) is 12.1 Å². The number of nitrogens with zero attached hydrogens (tertiary/aromatic N) is 2. The molecule has 0 aliphatic heterocycles. The lowest BCUT2D eigenvalue weighted by atomic mass is 10.2.